The summed E-state index contributed by atoms with van der Waals surface area (Å²) in [6.07, 6.45) is 0. The third-order valence-corrected chi connectivity index (χ3v) is 3.56. The fourth-order valence-electron chi connectivity index (χ4n) is 2.49. The van der Waals surface area contributed by atoms with E-state index in [4.69, 9.17) is 37.3 Å². The first-order chi connectivity index (χ1) is 15.3. The summed E-state index contributed by atoms with van der Waals surface area (Å²) >= 11 is 0. The molecular formula is C17H27Cl2CuN7O8. The molecule has 0 amide bonds. The van der Waals surface area contributed by atoms with Gasteiger partial charge in [0.25, 0.3) is 0 Å². The van der Waals surface area contributed by atoms with Crippen LogP contribution in [0.4, 0.5) is 0 Å². The maximum atomic E-state index is 8.49. The van der Waals surface area contributed by atoms with Crippen molar-refractivity contribution in [2.24, 2.45) is 0 Å². The van der Waals surface area contributed by atoms with Gasteiger partial charge in [-0.15, -0.1) is 20.5 Å². The Labute approximate surface area is 217 Å². The zero-order chi connectivity index (χ0) is 26.7. The van der Waals surface area contributed by atoms with Crippen LogP contribution >= 0.6 is 0 Å². The molecule has 3 rings (SSSR count). The number of rotatable bonds is 4. The number of H-pyrrole nitrogens is 1. The molecule has 18 heteroatoms. The molecule has 0 aliphatic heterocycles. The van der Waals surface area contributed by atoms with Gasteiger partial charge >= 0.3 is 17.1 Å². The van der Waals surface area contributed by atoms with Gasteiger partial charge in [0.2, 0.25) is 0 Å². The number of aryl methyl sites for hydroxylation is 6. The number of aromatic amines is 1. The minimum atomic E-state index is -4.94. The number of nitrogens with zero attached hydrogens (tertiary/aromatic N) is 5. The van der Waals surface area contributed by atoms with Crippen molar-refractivity contribution in [3.8, 4) is 0 Å². The summed E-state index contributed by atoms with van der Waals surface area (Å²) in [5.74, 6) is 0. The number of nitrogens with one attached hydrogen (secondary N) is 2. The maximum Gasteiger partial charge on any atom is 2.00 e. The summed E-state index contributed by atoms with van der Waals surface area (Å²) in [4.78, 5) is 0. The van der Waals surface area contributed by atoms with Crippen molar-refractivity contribution < 1.29 is 74.8 Å². The smallest absolute Gasteiger partial charge is 0.283 e. The molecule has 15 nitrogen and oxygen atoms in total. The zero-order valence-electron chi connectivity index (χ0n) is 19.7. The van der Waals surface area contributed by atoms with Crippen molar-refractivity contribution in [2.45, 2.75) is 54.9 Å². The van der Waals surface area contributed by atoms with Crippen molar-refractivity contribution in [2.75, 3.05) is 0 Å². The first-order valence-electron chi connectivity index (χ1n) is 9.30. The Morgan fingerprint density at radius 1 is 0.686 bits per heavy atom. The van der Waals surface area contributed by atoms with Crippen LogP contribution in [0, 0.1) is 62.0 Å². The standard InChI is InChI=1S/C12H19N5.C5H8N2.2ClHO4.Cu/c1-9-5-11(3)16(14-9)7-13-8-17-12(4)6-10(2)15-17;1-4-3-5(2)7-6-4;2*2-1(3,4)5;/h5-6,13H,7-8H2,1-4H3;3H,1-2H3,(H,6,7);2*(H,2,3,4,5);/q;;;;+2/p-2. The van der Waals surface area contributed by atoms with Gasteiger partial charge in [-0.3, -0.25) is 19.8 Å². The van der Waals surface area contributed by atoms with Crippen molar-refractivity contribution >= 4 is 0 Å². The van der Waals surface area contributed by atoms with Crippen LogP contribution < -0.4 is 42.6 Å². The normalized spacial score (nSPS) is 10.7. The molecule has 0 aliphatic rings. The van der Waals surface area contributed by atoms with Crippen molar-refractivity contribution in [3.63, 3.8) is 0 Å². The maximum absolute atomic E-state index is 8.49. The molecule has 0 fully saturated rings. The second-order valence-electron chi connectivity index (χ2n) is 6.87. The molecule has 35 heavy (non-hydrogen) atoms. The summed E-state index contributed by atoms with van der Waals surface area (Å²) in [7, 11) is -9.89. The van der Waals surface area contributed by atoms with Gasteiger partial charge in [0.15, 0.2) is 0 Å². The molecule has 1 radical (unpaired) electrons. The third-order valence-electron chi connectivity index (χ3n) is 3.56. The van der Waals surface area contributed by atoms with Crippen LogP contribution in [0.5, 0.6) is 0 Å². The molecule has 3 aromatic heterocycles. The predicted octanol–water partition coefficient (Wildman–Crippen LogP) is -6.97. The van der Waals surface area contributed by atoms with E-state index in [1.54, 1.807) is 0 Å². The van der Waals surface area contributed by atoms with E-state index >= 15 is 0 Å². The van der Waals surface area contributed by atoms with Gasteiger partial charge in [0.1, 0.15) is 0 Å². The molecule has 0 saturated carbocycles. The Balaban J connectivity index is 0. The van der Waals surface area contributed by atoms with Crippen LogP contribution in [0.2, 0.25) is 0 Å². The van der Waals surface area contributed by atoms with E-state index < -0.39 is 20.5 Å². The zero-order valence-corrected chi connectivity index (χ0v) is 22.2. The van der Waals surface area contributed by atoms with Crippen LogP contribution in [-0.2, 0) is 30.4 Å². The van der Waals surface area contributed by atoms with E-state index in [2.05, 4.69) is 51.7 Å². The van der Waals surface area contributed by atoms with E-state index in [1.807, 2.05) is 43.1 Å². The molecule has 0 aromatic carbocycles. The van der Waals surface area contributed by atoms with E-state index in [0.29, 0.717) is 13.3 Å². The van der Waals surface area contributed by atoms with Gasteiger partial charge in [-0.25, -0.2) is 37.3 Å². The molecule has 0 aliphatic carbocycles. The largest absolute Gasteiger partial charge is 2.00 e. The molecule has 0 saturated heterocycles. The van der Waals surface area contributed by atoms with E-state index in [0.717, 1.165) is 22.8 Å². The Morgan fingerprint density at radius 3 is 1.20 bits per heavy atom. The average Bonchev–Trinajstić information content (AvgIpc) is 3.24. The molecule has 2 N–H and O–H groups in total. The topological polar surface area (TPSA) is 261 Å². The Bertz CT molecular complexity index is 899. The first kappa shape index (κ1) is 35.5. The van der Waals surface area contributed by atoms with Gasteiger partial charge in [0.05, 0.1) is 30.4 Å². The summed E-state index contributed by atoms with van der Waals surface area (Å²) in [6, 6.07) is 6.15. The summed E-state index contributed by atoms with van der Waals surface area (Å²) in [5, 5.41) is 18.8. The predicted molar refractivity (Wildman–Crippen MR) is 94.6 cm³/mol. The van der Waals surface area contributed by atoms with Crippen molar-refractivity contribution in [3.05, 3.63) is 52.4 Å². The number of halogens is 2. The monoisotopic (exact) mass is 590 g/mol. The van der Waals surface area contributed by atoms with Crippen LogP contribution in [0.15, 0.2) is 18.2 Å². The average molecular weight is 592 g/mol. The second-order valence-corrected chi connectivity index (χ2v) is 8.38. The molecule has 203 valence electrons. The molecule has 0 bridgehead atoms. The number of hydrogen-bond acceptors (Lipinski definition) is 12. The van der Waals surface area contributed by atoms with Crippen LogP contribution in [-0.4, -0.2) is 29.8 Å². The van der Waals surface area contributed by atoms with Gasteiger partial charge in [0, 0.05) is 17.1 Å². The quantitative estimate of drug-likeness (QED) is 0.268. The van der Waals surface area contributed by atoms with E-state index in [-0.39, 0.29) is 17.1 Å². The minimum absolute atomic E-state index is 0. The molecule has 3 heterocycles. The summed E-state index contributed by atoms with van der Waals surface area (Å²) < 4.78 is 71.9. The third kappa shape index (κ3) is 21.4. The molecular weight excluding hydrogens is 565 g/mol. The molecule has 0 unspecified atom stereocenters. The molecule has 0 atom stereocenters. The second kappa shape index (κ2) is 16.2. The van der Waals surface area contributed by atoms with Crippen LogP contribution in [0.1, 0.15) is 34.2 Å². The van der Waals surface area contributed by atoms with Gasteiger partial charge in [-0.1, -0.05) is 0 Å². The van der Waals surface area contributed by atoms with Gasteiger partial charge < -0.3 is 0 Å². The Morgan fingerprint density at radius 2 is 1.03 bits per heavy atom. The van der Waals surface area contributed by atoms with Gasteiger partial charge in [-0.2, -0.15) is 15.3 Å². The number of hydrogen-bond donors (Lipinski definition) is 2. The van der Waals surface area contributed by atoms with E-state index in [9.17, 15) is 0 Å². The SMILES string of the molecule is Cc1cc(C)[nH]n1.Cc1cc(C)n(CNCn2nc(C)cc2C)n1.[Cu+2].[O-][Cl+3]([O-])([O-])[O-].[O-][Cl+3]([O-])([O-])[O-]. The summed E-state index contributed by atoms with van der Waals surface area (Å²) in [6.45, 7) is 13.5. The van der Waals surface area contributed by atoms with E-state index in [1.165, 1.54) is 11.4 Å². The van der Waals surface area contributed by atoms with Crippen LogP contribution in [0.25, 0.3) is 0 Å². The molecule has 3 aromatic rings. The Hall–Kier alpha value is -1.63. The number of aromatic nitrogens is 6. The molecule has 0 spiro atoms. The fourth-order valence-corrected chi connectivity index (χ4v) is 2.49. The van der Waals surface area contributed by atoms with Crippen LogP contribution in [0.3, 0.4) is 0 Å². The summed E-state index contributed by atoms with van der Waals surface area (Å²) in [5.41, 5.74) is 6.62. The first-order valence-corrected chi connectivity index (χ1v) is 11.8. The van der Waals surface area contributed by atoms with Gasteiger partial charge in [-0.05, 0) is 59.7 Å². The van der Waals surface area contributed by atoms with Crippen molar-refractivity contribution in [1.82, 2.24) is 35.1 Å². The Kier molecular flexibility index (Phi) is 16.4. The minimum Gasteiger partial charge on any atom is -0.283 e. The fraction of sp³-hybridized carbons (Fsp3) is 0.471. The van der Waals surface area contributed by atoms with Crippen molar-refractivity contribution in [1.29, 1.82) is 0 Å².